The van der Waals surface area contributed by atoms with E-state index in [0.29, 0.717) is 22.3 Å². The van der Waals surface area contributed by atoms with Gasteiger partial charge in [0, 0.05) is 25.7 Å². The summed E-state index contributed by atoms with van der Waals surface area (Å²) >= 11 is 6.90. The molecular formula is C43H46Br2O11. The highest BCUT2D eigenvalue weighted by Gasteiger charge is 2.48. The van der Waals surface area contributed by atoms with Crippen molar-refractivity contribution in [3.05, 3.63) is 144 Å². The number of alkyl halides is 2. The van der Waals surface area contributed by atoms with Gasteiger partial charge in [0.1, 0.15) is 30.2 Å². The van der Waals surface area contributed by atoms with Crippen LogP contribution in [0.1, 0.15) is 82.0 Å². The molecule has 0 aromatic heterocycles. The molecular weight excluding hydrogens is 852 g/mol. The van der Waals surface area contributed by atoms with Crippen LogP contribution >= 0.6 is 31.9 Å². The molecule has 0 bridgehead atoms. The van der Waals surface area contributed by atoms with Gasteiger partial charge in [-0.15, -0.1) is 0 Å². The number of esters is 4. The van der Waals surface area contributed by atoms with Crippen molar-refractivity contribution in [2.24, 2.45) is 0 Å². The Labute approximate surface area is 343 Å². The van der Waals surface area contributed by atoms with Gasteiger partial charge < -0.3 is 29.2 Å². The summed E-state index contributed by atoms with van der Waals surface area (Å²) in [5.74, 6) is -2.24. The molecule has 2 aliphatic carbocycles. The quantitative estimate of drug-likeness (QED) is 0.0969. The normalized spacial score (nSPS) is 23.0. The van der Waals surface area contributed by atoms with Gasteiger partial charge in [0.05, 0.1) is 44.1 Å². The zero-order valence-electron chi connectivity index (χ0n) is 28.9. The molecule has 0 aliphatic heterocycles. The molecule has 56 heavy (non-hydrogen) atoms. The minimum atomic E-state index is -1.52. The molecule has 6 rings (SSSR count). The van der Waals surface area contributed by atoms with Crippen molar-refractivity contribution in [1.29, 1.82) is 0 Å². The molecule has 2 aliphatic rings. The van der Waals surface area contributed by atoms with E-state index in [1.807, 2.05) is 0 Å². The summed E-state index contributed by atoms with van der Waals surface area (Å²) in [4.78, 5) is 60.4. The molecule has 4 aromatic carbocycles. The number of Topliss-reactive ketones (excluding diaryl/α,β-unsaturated/α-hetero) is 1. The summed E-state index contributed by atoms with van der Waals surface area (Å²) in [6, 6.07) is 34.1. The average Bonchev–Trinajstić information content (AvgIpc) is 3.20. The lowest BCUT2D eigenvalue weighted by atomic mass is 9.81. The van der Waals surface area contributed by atoms with Crippen LogP contribution in [-0.4, -0.2) is 86.2 Å². The third-order valence-electron chi connectivity index (χ3n) is 8.81. The molecule has 11 nitrogen and oxygen atoms in total. The minimum Gasteiger partial charge on any atom is -0.457 e. The summed E-state index contributed by atoms with van der Waals surface area (Å²) < 4.78 is 22.1. The molecule has 2 saturated carbocycles. The Morgan fingerprint density at radius 2 is 0.768 bits per heavy atom. The van der Waals surface area contributed by atoms with Gasteiger partial charge in [-0.2, -0.15) is 0 Å². The van der Waals surface area contributed by atoms with Crippen LogP contribution in [0.3, 0.4) is 0 Å². The first-order valence-electron chi connectivity index (χ1n) is 17.1. The molecule has 0 unspecified atom stereocenters. The fourth-order valence-electron chi connectivity index (χ4n) is 5.97. The summed E-state index contributed by atoms with van der Waals surface area (Å²) in [5, 5.41) is 20.3. The second-order valence-corrected chi connectivity index (χ2v) is 15.0. The van der Waals surface area contributed by atoms with E-state index in [2.05, 4.69) is 31.9 Å². The fourth-order valence-corrected chi connectivity index (χ4v) is 7.15. The Morgan fingerprint density at radius 3 is 1.04 bits per heavy atom. The van der Waals surface area contributed by atoms with E-state index in [4.69, 9.17) is 18.9 Å². The predicted molar refractivity (Wildman–Crippen MR) is 217 cm³/mol. The van der Waals surface area contributed by atoms with Crippen LogP contribution in [-0.2, 0) is 23.7 Å². The number of carbonyl (C=O) groups is 5. The average molecular weight is 899 g/mol. The lowest BCUT2D eigenvalue weighted by Crippen LogP contribution is -2.54. The van der Waals surface area contributed by atoms with Crippen LogP contribution in [0.2, 0.25) is 0 Å². The molecule has 4 aromatic rings. The number of aliphatic hydroxyl groups is 2. The van der Waals surface area contributed by atoms with Crippen LogP contribution in [0.25, 0.3) is 0 Å². The maximum Gasteiger partial charge on any atom is 0.338 e. The Balaban J connectivity index is 0.000000291. The van der Waals surface area contributed by atoms with Crippen molar-refractivity contribution < 1.29 is 53.1 Å². The zero-order chi connectivity index (χ0) is 38.7. The van der Waals surface area contributed by atoms with Crippen molar-refractivity contribution in [2.45, 2.75) is 80.2 Å². The number of aliphatic hydroxyl groups excluding tert-OH is 1. The number of carbonyl (C=O) groups excluding carboxylic acids is 5. The van der Waals surface area contributed by atoms with E-state index in [-0.39, 0.29) is 46.3 Å². The number of rotatable bonds is 9. The first-order valence-corrected chi connectivity index (χ1v) is 19.0. The number of ether oxygens (including phenoxy) is 4. The third-order valence-corrected chi connectivity index (χ3v) is 11.2. The Hall–Kier alpha value is -4.69. The summed E-state index contributed by atoms with van der Waals surface area (Å²) in [6.07, 6.45) is -2.73. The monoisotopic (exact) mass is 896 g/mol. The predicted octanol–water partition coefficient (Wildman–Crippen LogP) is 7.55. The molecule has 0 amide bonds. The van der Waals surface area contributed by atoms with E-state index >= 15 is 0 Å². The van der Waals surface area contributed by atoms with Crippen molar-refractivity contribution in [1.82, 2.24) is 0 Å². The summed E-state index contributed by atoms with van der Waals surface area (Å²) in [7, 11) is 0. The number of halogens is 2. The van der Waals surface area contributed by atoms with Gasteiger partial charge in [0.25, 0.3) is 0 Å². The Morgan fingerprint density at radius 1 is 0.518 bits per heavy atom. The van der Waals surface area contributed by atoms with Gasteiger partial charge in [-0.05, 0) is 48.5 Å². The summed E-state index contributed by atoms with van der Waals surface area (Å²) in [6.45, 7) is -0.536. The van der Waals surface area contributed by atoms with Gasteiger partial charge in [-0.1, -0.05) is 120 Å². The SMILES string of the molecule is C.C.O=C(O[C@@H]1CC(O)(CO)C[C@@H](OC(=O)c2ccccc2)C1Br)c1ccccc1.O=C1C[C@@H](OC(=O)c2ccccc2)C(Br)[C@H](OC(=O)c2ccccc2)C1. The van der Waals surface area contributed by atoms with Crippen LogP contribution in [0, 0.1) is 0 Å². The number of hydrogen-bond donors (Lipinski definition) is 2. The zero-order valence-corrected chi connectivity index (χ0v) is 32.0. The van der Waals surface area contributed by atoms with Crippen LogP contribution < -0.4 is 0 Å². The van der Waals surface area contributed by atoms with E-state index in [9.17, 15) is 34.2 Å². The molecule has 298 valence electrons. The second-order valence-electron chi connectivity index (χ2n) is 12.9. The van der Waals surface area contributed by atoms with Crippen molar-refractivity contribution >= 4 is 61.5 Å². The number of benzene rings is 4. The highest BCUT2D eigenvalue weighted by Crippen LogP contribution is 2.37. The smallest absolute Gasteiger partial charge is 0.338 e. The standard InChI is InChI=1S/C21H21BrO6.C20H17BrO5.2CH4/c22-18-16(27-19(24)14-7-3-1-4-8-14)11-21(26,13-23)12-17(18)28-20(25)15-9-5-2-6-10-15;21-18-16(25-19(23)13-7-3-1-4-8-13)11-15(22)12-17(18)26-20(24)14-9-5-2-6-10-14;;/h1-10,16-18,23,26H,11-13H2;1-10,16-18H,11-12H2;2*1H4/t16-,17-,18?,21?;16-,17-;;/m11../s1. The number of hydrogen-bond acceptors (Lipinski definition) is 11. The lowest BCUT2D eigenvalue weighted by molar-refractivity contribution is -0.126. The Kier molecular flexibility index (Phi) is 17.6. The first kappa shape index (κ1) is 45.7. The summed E-state index contributed by atoms with van der Waals surface area (Å²) in [5.41, 5.74) is 0.0375. The van der Waals surface area contributed by atoms with E-state index in [1.165, 1.54) is 0 Å². The minimum absolute atomic E-state index is 0. The van der Waals surface area contributed by atoms with E-state index < -0.39 is 70.2 Å². The van der Waals surface area contributed by atoms with Crippen molar-refractivity contribution in [3.8, 4) is 0 Å². The first-order chi connectivity index (χ1) is 26.0. The maximum atomic E-state index is 12.4. The van der Waals surface area contributed by atoms with Crippen LogP contribution in [0.5, 0.6) is 0 Å². The van der Waals surface area contributed by atoms with Gasteiger partial charge in [-0.3, -0.25) is 4.79 Å². The molecule has 0 radical (unpaired) electrons. The maximum absolute atomic E-state index is 12.4. The fraction of sp³-hybridized carbons (Fsp3) is 0.326. The van der Waals surface area contributed by atoms with Gasteiger partial charge in [0.15, 0.2) is 0 Å². The molecule has 2 fully saturated rings. The van der Waals surface area contributed by atoms with Crippen molar-refractivity contribution in [2.75, 3.05) is 6.61 Å². The van der Waals surface area contributed by atoms with Gasteiger partial charge in [0.2, 0.25) is 0 Å². The molecule has 13 heteroatoms. The molecule has 0 saturated heterocycles. The van der Waals surface area contributed by atoms with Gasteiger partial charge >= 0.3 is 23.9 Å². The van der Waals surface area contributed by atoms with Crippen molar-refractivity contribution in [3.63, 3.8) is 0 Å². The topological polar surface area (TPSA) is 163 Å². The highest BCUT2D eigenvalue weighted by atomic mass is 79.9. The lowest BCUT2D eigenvalue weighted by Gasteiger charge is -2.42. The molecule has 0 heterocycles. The molecule has 2 N–H and O–H groups in total. The highest BCUT2D eigenvalue weighted by molar-refractivity contribution is 9.09. The molecule has 4 atom stereocenters. The third kappa shape index (κ3) is 12.4. The Bertz CT molecular complexity index is 1750. The largest absolute Gasteiger partial charge is 0.457 e. The second kappa shape index (κ2) is 21.6. The van der Waals surface area contributed by atoms with Gasteiger partial charge in [-0.25, -0.2) is 19.2 Å². The molecule has 0 spiro atoms. The van der Waals surface area contributed by atoms with E-state index in [0.717, 1.165) is 0 Å². The van der Waals surface area contributed by atoms with Crippen LogP contribution in [0.15, 0.2) is 121 Å². The van der Waals surface area contributed by atoms with Crippen LogP contribution in [0.4, 0.5) is 0 Å². The number of ketones is 1. The van der Waals surface area contributed by atoms with E-state index in [1.54, 1.807) is 121 Å².